The number of nitrogens with zero attached hydrogens (tertiary/aromatic N) is 2. The second-order valence-electron chi connectivity index (χ2n) is 3.75. The lowest BCUT2D eigenvalue weighted by atomic mass is 10.1. The first-order chi connectivity index (χ1) is 7.63. The molecule has 0 saturated carbocycles. The molecule has 0 radical (unpaired) electrons. The van der Waals surface area contributed by atoms with E-state index in [1.54, 1.807) is 17.0 Å². The molecule has 1 amide bonds. The van der Waals surface area contributed by atoms with E-state index in [-0.39, 0.29) is 11.7 Å². The van der Waals surface area contributed by atoms with Crippen LogP contribution in [0, 0.1) is 0 Å². The van der Waals surface area contributed by atoms with Crippen molar-refractivity contribution in [1.82, 2.24) is 0 Å². The number of amidine groups is 1. The SMILES string of the molecule is CC(=O)N1CCc2ccc(C(N)=NO)cc21. The van der Waals surface area contributed by atoms with Crippen molar-refractivity contribution in [1.29, 1.82) is 0 Å². The average Bonchev–Trinajstić information content (AvgIpc) is 2.70. The number of hydrogen-bond acceptors (Lipinski definition) is 3. The molecule has 0 spiro atoms. The Balaban J connectivity index is 2.45. The number of hydrogen-bond donors (Lipinski definition) is 2. The summed E-state index contributed by atoms with van der Waals surface area (Å²) in [5.41, 5.74) is 8.10. The van der Waals surface area contributed by atoms with E-state index in [0.717, 1.165) is 17.7 Å². The largest absolute Gasteiger partial charge is 0.409 e. The van der Waals surface area contributed by atoms with E-state index < -0.39 is 0 Å². The Morgan fingerprint density at radius 3 is 2.94 bits per heavy atom. The predicted molar refractivity (Wildman–Crippen MR) is 60.7 cm³/mol. The van der Waals surface area contributed by atoms with Crippen molar-refractivity contribution in [2.45, 2.75) is 13.3 Å². The van der Waals surface area contributed by atoms with Crippen LogP contribution in [0.25, 0.3) is 0 Å². The van der Waals surface area contributed by atoms with Gasteiger partial charge in [0, 0.05) is 24.7 Å². The van der Waals surface area contributed by atoms with Gasteiger partial charge in [0.15, 0.2) is 5.84 Å². The first kappa shape index (κ1) is 10.5. The Labute approximate surface area is 93.2 Å². The number of carbonyl (C=O) groups is 1. The molecule has 0 unspecified atom stereocenters. The normalized spacial score (nSPS) is 15.1. The minimum atomic E-state index is 0.00964. The van der Waals surface area contributed by atoms with Crippen LogP contribution in [0.4, 0.5) is 5.69 Å². The molecular weight excluding hydrogens is 206 g/mol. The van der Waals surface area contributed by atoms with Gasteiger partial charge in [0.2, 0.25) is 5.91 Å². The molecule has 0 saturated heterocycles. The van der Waals surface area contributed by atoms with Crippen LogP contribution in [0.5, 0.6) is 0 Å². The van der Waals surface area contributed by atoms with Crippen LogP contribution in [0.15, 0.2) is 23.4 Å². The van der Waals surface area contributed by atoms with Crippen LogP contribution in [-0.4, -0.2) is 23.5 Å². The van der Waals surface area contributed by atoms with E-state index in [1.165, 1.54) is 6.92 Å². The van der Waals surface area contributed by atoms with Crippen LogP contribution in [0.2, 0.25) is 0 Å². The Morgan fingerprint density at radius 2 is 2.31 bits per heavy atom. The summed E-state index contributed by atoms with van der Waals surface area (Å²) >= 11 is 0. The van der Waals surface area contributed by atoms with Gasteiger partial charge < -0.3 is 15.8 Å². The Hall–Kier alpha value is -2.04. The smallest absolute Gasteiger partial charge is 0.223 e. The number of carbonyl (C=O) groups excluding carboxylic acids is 1. The van der Waals surface area contributed by atoms with E-state index >= 15 is 0 Å². The van der Waals surface area contributed by atoms with E-state index in [0.29, 0.717) is 12.1 Å². The topological polar surface area (TPSA) is 78.9 Å². The van der Waals surface area contributed by atoms with Crippen molar-refractivity contribution >= 4 is 17.4 Å². The molecule has 0 aliphatic carbocycles. The van der Waals surface area contributed by atoms with Crippen molar-refractivity contribution in [3.63, 3.8) is 0 Å². The third-order valence-electron chi connectivity index (χ3n) is 2.76. The summed E-state index contributed by atoms with van der Waals surface area (Å²) in [5, 5.41) is 11.5. The number of fused-ring (bicyclic) bond motifs is 1. The van der Waals surface area contributed by atoms with Gasteiger partial charge in [0.25, 0.3) is 0 Å². The molecule has 1 aromatic carbocycles. The van der Waals surface area contributed by atoms with Gasteiger partial charge in [-0.15, -0.1) is 0 Å². The van der Waals surface area contributed by atoms with E-state index in [1.807, 2.05) is 6.07 Å². The number of benzene rings is 1. The first-order valence-electron chi connectivity index (χ1n) is 5.02. The minimum Gasteiger partial charge on any atom is -0.409 e. The molecule has 1 heterocycles. The highest BCUT2D eigenvalue weighted by Crippen LogP contribution is 2.28. The summed E-state index contributed by atoms with van der Waals surface area (Å²) in [6.07, 6.45) is 0.853. The summed E-state index contributed by atoms with van der Waals surface area (Å²) in [6.45, 7) is 2.23. The third kappa shape index (κ3) is 1.60. The average molecular weight is 219 g/mol. The lowest BCUT2D eigenvalue weighted by molar-refractivity contribution is -0.116. The summed E-state index contributed by atoms with van der Waals surface area (Å²) in [7, 11) is 0. The highest BCUT2D eigenvalue weighted by molar-refractivity contribution is 6.00. The molecular formula is C11H13N3O2. The Morgan fingerprint density at radius 1 is 1.56 bits per heavy atom. The zero-order valence-corrected chi connectivity index (χ0v) is 8.97. The van der Waals surface area contributed by atoms with Crippen molar-refractivity contribution in [3.05, 3.63) is 29.3 Å². The molecule has 0 fully saturated rings. The molecule has 5 nitrogen and oxygen atoms in total. The quantitative estimate of drug-likeness (QED) is 0.315. The molecule has 2 rings (SSSR count). The maximum absolute atomic E-state index is 11.4. The second kappa shape index (κ2) is 3.84. The summed E-state index contributed by atoms with van der Waals surface area (Å²) in [6, 6.07) is 5.47. The molecule has 0 atom stereocenters. The van der Waals surface area contributed by atoms with Crippen molar-refractivity contribution < 1.29 is 10.0 Å². The highest BCUT2D eigenvalue weighted by Gasteiger charge is 2.22. The van der Waals surface area contributed by atoms with Gasteiger partial charge in [-0.25, -0.2) is 0 Å². The predicted octanol–water partition coefficient (Wildman–Crippen LogP) is 0.690. The zero-order valence-electron chi connectivity index (χ0n) is 8.97. The second-order valence-corrected chi connectivity index (χ2v) is 3.75. The first-order valence-corrected chi connectivity index (χ1v) is 5.02. The van der Waals surface area contributed by atoms with E-state index in [4.69, 9.17) is 10.9 Å². The molecule has 0 bridgehead atoms. The molecule has 84 valence electrons. The summed E-state index contributed by atoms with van der Waals surface area (Å²) in [5.74, 6) is 0.0635. The van der Waals surface area contributed by atoms with E-state index in [2.05, 4.69) is 5.16 Å². The van der Waals surface area contributed by atoms with Gasteiger partial charge in [-0.05, 0) is 18.1 Å². The van der Waals surface area contributed by atoms with Crippen molar-refractivity contribution in [3.8, 4) is 0 Å². The van der Waals surface area contributed by atoms with E-state index in [9.17, 15) is 4.79 Å². The van der Waals surface area contributed by atoms with Crippen LogP contribution < -0.4 is 10.6 Å². The van der Waals surface area contributed by atoms with Gasteiger partial charge in [0.1, 0.15) is 0 Å². The fourth-order valence-electron chi connectivity index (χ4n) is 1.92. The molecule has 3 N–H and O–H groups in total. The molecule has 16 heavy (non-hydrogen) atoms. The molecule has 1 aliphatic heterocycles. The molecule has 1 aromatic rings. The summed E-state index contributed by atoms with van der Waals surface area (Å²) in [4.78, 5) is 13.1. The number of rotatable bonds is 1. The monoisotopic (exact) mass is 219 g/mol. The summed E-state index contributed by atoms with van der Waals surface area (Å²) < 4.78 is 0. The van der Waals surface area contributed by atoms with Gasteiger partial charge >= 0.3 is 0 Å². The zero-order chi connectivity index (χ0) is 11.7. The van der Waals surface area contributed by atoms with Crippen LogP contribution in [0.3, 0.4) is 0 Å². The van der Waals surface area contributed by atoms with Gasteiger partial charge in [-0.1, -0.05) is 17.3 Å². The molecule has 1 aliphatic rings. The number of amides is 1. The molecule has 5 heteroatoms. The van der Waals surface area contributed by atoms with Gasteiger partial charge in [0.05, 0.1) is 0 Å². The van der Waals surface area contributed by atoms with Gasteiger partial charge in [-0.3, -0.25) is 4.79 Å². The maximum Gasteiger partial charge on any atom is 0.223 e. The number of nitrogens with two attached hydrogens (primary N) is 1. The number of oxime groups is 1. The lowest BCUT2D eigenvalue weighted by Gasteiger charge is -2.15. The fraction of sp³-hybridized carbons (Fsp3) is 0.273. The van der Waals surface area contributed by atoms with Crippen LogP contribution >= 0.6 is 0 Å². The van der Waals surface area contributed by atoms with Gasteiger partial charge in [-0.2, -0.15) is 0 Å². The number of anilines is 1. The lowest BCUT2D eigenvalue weighted by Crippen LogP contribution is -2.26. The van der Waals surface area contributed by atoms with Crippen molar-refractivity contribution in [2.24, 2.45) is 10.9 Å². The fourth-order valence-corrected chi connectivity index (χ4v) is 1.92. The maximum atomic E-state index is 11.4. The van der Waals surface area contributed by atoms with Crippen molar-refractivity contribution in [2.75, 3.05) is 11.4 Å². The highest BCUT2D eigenvalue weighted by atomic mass is 16.4. The van der Waals surface area contributed by atoms with Crippen LogP contribution in [0.1, 0.15) is 18.1 Å². The minimum absolute atomic E-state index is 0.00964. The molecule has 0 aromatic heterocycles. The Bertz CT molecular complexity index is 468. The third-order valence-corrected chi connectivity index (χ3v) is 2.76. The van der Waals surface area contributed by atoms with Crippen LogP contribution in [-0.2, 0) is 11.2 Å². The standard InChI is InChI=1S/C11H13N3O2/c1-7(15)14-5-4-8-2-3-9(6-10(8)14)11(12)13-16/h2-3,6,16H,4-5H2,1H3,(H2,12,13). The Kier molecular flexibility index (Phi) is 2.52.